The van der Waals surface area contributed by atoms with Gasteiger partial charge in [-0.25, -0.2) is 8.42 Å². The molecule has 1 atom stereocenters. The second kappa shape index (κ2) is 13.9. The van der Waals surface area contributed by atoms with Crippen molar-refractivity contribution in [3.8, 4) is 5.75 Å². The van der Waals surface area contributed by atoms with Gasteiger partial charge in [0.2, 0.25) is 11.8 Å². The van der Waals surface area contributed by atoms with E-state index in [0.29, 0.717) is 18.0 Å². The Balaban J connectivity index is 2.12. The molecule has 0 bridgehead atoms. The maximum Gasteiger partial charge on any atom is 0.264 e. The van der Waals surface area contributed by atoms with E-state index in [1.165, 1.54) is 36.3 Å². The summed E-state index contributed by atoms with van der Waals surface area (Å²) in [4.78, 5) is 28.5. The maximum absolute atomic E-state index is 14.1. The predicted octanol–water partition coefficient (Wildman–Crippen LogP) is 5.45. The summed E-state index contributed by atoms with van der Waals surface area (Å²) >= 11 is 12.3. The van der Waals surface area contributed by atoms with Gasteiger partial charge in [-0.2, -0.15) is 0 Å². The van der Waals surface area contributed by atoms with E-state index in [0.717, 1.165) is 15.4 Å². The zero-order chi connectivity index (χ0) is 29.4. The van der Waals surface area contributed by atoms with Gasteiger partial charge < -0.3 is 15.0 Å². The zero-order valence-electron chi connectivity index (χ0n) is 22.9. The Labute approximate surface area is 245 Å². The molecule has 8 nitrogen and oxygen atoms in total. The van der Waals surface area contributed by atoms with Gasteiger partial charge in [0.1, 0.15) is 18.3 Å². The molecule has 0 aromatic heterocycles. The average molecular weight is 607 g/mol. The Morgan fingerprint density at radius 1 is 0.950 bits per heavy atom. The van der Waals surface area contributed by atoms with E-state index in [4.69, 9.17) is 27.9 Å². The van der Waals surface area contributed by atoms with Gasteiger partial charge in [-0.1, -0.05) is 60.0 Å². The second-order valence-corrected chi connectivity index (χ2v) is 11.8. The predicted molar refractivity (Wildman–Crippen MR) is 158 cm³/mol. The highest BCUT2D eigenvalue weighted by Gasteiger charge is 2.34. The van der Waals surface area contributed by atoms with Crippen LogP contribution in [-0.4, -0.2) is 51.4 Å². The number of hydrogen-bond donors (Lipinski definition) is 1. The third-order valence-electron chi connectivity index (χ3n) is 6.30. The Morgan fingerprint density at radius 2 is 1.57 bits per heavy atom. The van der Waals surface area contributed by atoms with Gasteiger partial charge >= 0.3 is 0 Å². The quantitative estimate of drug-likeness (QED) is 0.296. The third kappa shape index (κ3) is 7.47. The molecule has 3 aromatic carbocycles. The molecule has 1 unspecified atom stereocenters. The molecule has 11 heteroatoms. The van der Waals surface area contributed by atoms with Gasteiger partial charge in [-0.15, -0.1) is 0 Å². The van der Waals surface area contributed by atoms with Gasteiger partial charge in [0.05, 0.1) is 17.7 Å². The fourth-order valence-corrected chi connectivity index (χ4v) is 5.92. The number of likely N-dealkylation sites (N-methyl/N-ethyl adjacent to an activating group) is 1. The van der Waals surface area contributed by atoms with E-state index in [-0.39, 0.29) is 33.8 Å². The van der Waals surface area contributed by atoms with Crippen LogP contribution in [0.3, 0.4) is 0 Å². The molecule has 214 valence electrons. The summed E-state index contributed by atoms with van der Waals surface area (Å²) < 4.78 is 34.5. The number of nitrogens with zero attached hydrogens (tertiary/aromatic N) is 2. The lowest BCUT2D eigenvalue weighted by Gasteiger charge is -2.33. The summed E-state index contributed by atoms with van der Waals surface area (Å²) in [6, 6.07) is 16.9. The highest BCUT2D eigenvalue weighted by atomic mass is 35.5. The highest BCUT2D eigenvalue weighted by molar-refractivity contribution is 7.92. The number of ether oxygens (including phenoxy) is 1. The zero-order valence-corrected chi connectivity index (χ0v) is 25.2. The fraction of sp³-hybridized carbons (Fsp3) is 0.310. The van der Waals surface area contributed by atoms with Gasteiger partial charge in [0.15, 0.2) is 0 Å². The summed E-state index contributed by atoms with van der Waals surface area (Å²) in [7, 11) is -2.86. The molecule has 0 aliphatic carbocycles. The average Bonchev–Trinajstić information content (AvgIpc) is 2.92. The minimum atomic E-state index is -4.26. The summed E-state index contributed by atoms with van der Waals surface area (Å²) in [5.41, 5.74) is 1.71. The Morgan fingerprint density at radius 3 is 2.15 bits per heavy atom. The van der Waals surface area contributed by atoms with Crippen molar-refractivity contribution in [1.29, 1.82) is 0 Å². The van der Waals surface area contributed by atoms with Crippen LogP contribution >= 0.6 is 23.2 Å². The number of nitrogens with one attached hydrogen (secondary N) is 1. The minimum Gasteiger partial charge on any atom is -0.495 e. The van der Waals surface area contributed by atoms with Crippen LogP contribution in [0.1, 0.15) is 31.4 Å². The summed E-state index contributed by atoms with van der Waals surface area (Å²) in [5, 5.41) is 3.57. The molecule has 0 heterocycles. The lowest BCUT2D eigenvalue weighted by Crippen LogP contribution is -2.52. The molecule has 0 spiro atoms. The van der Waals surface area contributed by atoms with Crippen molar-refractivity contribution in [3.05, 3.63) is 87.9 Å². The lowest BCUT2D eigenvalue weighted by molar-refractivity contribution is -0.140. The standard InChI is InChI=1S/C29H33Cl2N3O5S/c1-5-25(29(36)32-6-2)33(18-21-9-11-22(30)12-10-21)28(35)19-34(26-17-23(31)13-16-27(26)39-4)40(37,38)24-14-7-20(3)8-15-24/h7-17,25H,5-6,18-19H2,1-4H3,(H,32,36). The molecule has 0 saturated heterocycles. The van der Waals surface area contributed by atoms with Crippen LogP contribution in [0.25, 0.3) is 0 Å². The van der Waals surface area contributed by atoms with Crippen molar-refractivity contribution in [2.45, 2.75) is 44.7 Å². The van der Waals surface area contributed by atoms with Gasteiger partial charge in [-0.05, 0) is 68.3 Å². The van der Waals surface area contributed by atoms with Gasteiger partial charge in [0.25, 0.3) is 10.0 Å². The van der Waals surface area contributed by atoms with E-state index in [1.807, 2.05) is 6.92 Å². The molecule has 0 aliphatic rings. The van der Waals surface area contributed by atoms with Crippen molar-refractivity contribution in [2.75, 3.05) is 24.5 Å². The van der Waals surface area contributed by atoms with E-state index >= 15 is 0 Å². The molecule has 0 saturated carbocycles. The number of methoxy groups -OCH3 is 1. The molecule has 0 radical (unpaired) electrons. The normalized spacial score (nSPS) is 11.9. The largest absolute Gasteiger partial charge is 0.495 e. The van der Waals surface area contributed by atoms with Crippen molar-refractivity contribution >= 4 is 50.7 Å². The SMILES string of the molecule is CCNC(=O)C(CC)N(Cc1ccc(Cl)cc1)C(=O)CN(c1cc(Cl)ccc1OC)S(=O)(=O)c1ccc(C)cc1. The number of hydrogen-bond acceptors (Lipinski definition) is 5. The van der Waals surface area contributed by atoms with Crippen LogP contribution < -0.4 is 14.4 Å². The molecule has 0 fully saturated rings. The highest BCUT2D eigenvalue weighted by Crippen LogP contribution is 2.35. The molecule has 3 rings (SSSR count). The maximum atomic E-state index is 14.1. The molecule has 0 aliphatic heterocycles. The number of benzene rings is 3. The molecule has 3 aromatic rings. The van der Waals surface area contributed by atoms with Crippen LogP contribution in [0.2, 0.25) is 10.0 Å². The second-order valence-electron chi connectivity index (χ2n) is 9.11. The first-order chi connectivity index (χ1) is 19.0. The summed E-state index contributed by atoms with van der Waals surface area (Å²) in [6.07, 6.45) is 0.316. The first kappa shape index (κ1) is 31.3. The minimum absolute atomic E-state index is 0.00653. The van der Waals surface area contributed by atoms with Crippen LogP contribution in [0.15, 0.2) is 71.6 Å². The van der Waals surface area contributed by atoms with E-state index in [9.17, 15) is 18.0 Å². The van der Waals surface area contributed by atoms with Crippen LogP contribution in [0.4, 0.5) is 5.69 Å². The van der Waals surface area contributed by atoms with Crippen LogP contribution in [-0.2, 0) is 26.2 Å². The van der Waals surface area contributed by atoms with E-state index in [2.05, 4.69) is 5.32 Å². The molecule has 2 amide bonds. The van der Waals surface area contributed by atoms with Crippen LogP contribution in [0, 0.1) is 6.92 Å². The number of halogens is 2. The molecule has 40 heavy (non-hydrogen) atoms. The molecule has 1 N–H and O–H groups in total. The number of sulfonamides is 1. The number of carbonyl (C=O) groups is 2. The smallest absolute Gasteiger partial charge is 0.264 e. The number of anilines is 1. The van der Waals surface area contributed by atoms with Gasteiger partial charge in [0, 0.05) is 23.1 Å². The Hall–Kier alpha value is -3.27. The number of amides is 2. The Bertz CT molecular complexity index is 1430. The summed E-state index contributed by atoms with van der Waals surface area (Å²) in [6.45, 7) is 5.28. The van der Waals surface area contributed by atoms with E-state index in [1.54, 1.807) is 56.3 Å². The molecular formula is C29H33Cl2N3O5S. The van der Waals surface area contributed by atoms with Crippen molar-refractivity contribution in [1.82, 2.24) is 10.2 Å². The fourth-order valence-electron chi connectivity index (χ4n) is 4.21. The van der Waals surface area contributed by atoms with Crippen molar-refractivity contribution < 1.29 is 22.7 Å². The lowest BCUT2D eigenvalue weighted by atomic mass is 10.1. The summed E-state index contributed by atoms with van der Waals surface area (Å²) in [5.74, 6) is -0.695. The van der Waals surface area contributed by atoms with Crippen molar-refractivity contribution in [3.63, 3.8) is 0 Å². The monoisotopic (exact) mass is 605 g/mol. The number of carbonyl (C=O) groups excluding carboxylic acids is 2. The number of rotatable bonds is 12. The van der Waals surface area contributed by atoms with Gasteiger partial charge in [-0.3, -0.25) is 13.9 Å². The van der Waals surface area contributed by atoms with E-state index < -0.39 is 28.5 Å². The Kier molecular flexibility index (Phi) is 10.8. The topological polar surface area (TPSA) is 96.0 Å². The van der Waals surface area contributed by atoms with Crippen LogP contribution in [0.5, 0.6) is 5.75 Å². The first-order valence-corrected chi connectivity index (χ1v) is 15.0. The third-order valence-corrected chi connectivity index (χ3v) is 8.56. The van der Waals surface area contributed by atoms with Crippen molar-refractivity contribution in [2.24, 2.45) is 0 Å². The molecular weight excluding hydrogens is 573 g/mol. The first-order valence-electron chi connectivity index (χ1n) is 12.8. The number of aryl methyl sites for hydroxylation is 1.